The van der Waals surface area contributed by atoms with Crippen molar-refractivity contribution in [2.75, 3.05) is 6.61 Å². The van der Waals surface area contributed by atoms with Crippen LogP contribution >= 0.6 is 0 Å². The van der Waals surface area contributed by atoms with E-state index in [1.807, 2.05) is 24.3 Å². The lowest BCUT2D eigenvalue weighted by atomic mass is 9.84. The smallest absolute Gasteiger partial charge is 0.119 e. The SMILES string of the molecule is CCC(CC)C(C#N)c1ccc(OCC(C)C)cc1. The van der Waals surface area contributed by atoms with Crippen LogP contribution in [0.4, 0.5) is 0 Å². The molecule has 1 rings (SSSR count). The molecule has 0 spiro atoms. The van der Waals surface area contributed by atoms with Crippen molar-refractivity contribution in [1.82, 2.24) is 0 Å². The van der Waals surface area contributed by atoms with Gasteiger partial charge in [0.05, 0.1) is 18.6 Å². The number of rotatable bonds is 7. The topological polar surface area (TPSA) is 33.0 Å². The van der Waals surface area contributed by atoms with E-state index < -0.39 is 0 Å². The number of hydrogen-bond acceptors (Lipinski definition) is 2. The monoisotopic (exact) mass is 259 g/mol. The van der Waals surface area contributed by atoms with Crippen LogP contribution in [0.25, 0.3) is 0 Å². The summed E-state index contributed by atoms with van der Waals surface area (Å²) in [5, 5.41) is 9.38. The summed E-state index contributed by atoms with van der Waals surface area (Å²) in [6, 6.07) is 10.5. The van der Waals surface area contributed by atoms with Gasteiger partial charge >= 0.3 is 0 Å². The van der Waals surface area contributed by atoms with Gasteiger partial charge in [-0.15, -0.1) is 0 Å². The van der Waals surface area contributed by atoms with Gasteiger partial charge in [-0.05, 0) is 29.5 Å². The Morgan fingerprint density at radius 2 is 1.68 bits per heavy atom. The summed E-state index contributed by atoms with van der Waals surface area (Å²) in [6.07, 6.45) is 2.08. The molecule has 1 aromatic carbocycles. The van der Waals surface area contributed by atoms with Gasteiger partial charge in [0, 0.05) is 0 Å². The zero-order valence-corrected chi connectivity index (χ0v) is 12.5. The molecule has 0 aliphatic carbocycles. The Hall–Kier alpha value is -1.49. The minimum Gasteiger partial charge on any atom is -0.493 e. The summed E-state index contributed by atoms with van der Waals surface area (Å²) in [5.41, 5.74) is 1.10. The summed E-state index contributed by atoms with van der Waals surface area (Å²) in [6.45, 7) is 9.30. The highest BCUT2D eigenvalue weighted by atomic mass is 16.5. The molecule has 0 radical (unpaired) electrons. The van der Waals surface area contributed by atoms with Gasteiger partial charge in [0.1, 0.15) is 5.75 Å². The Kier molecular flexibility index (Phi) is 6.42. The molecule has 0 aliphatic heterocycles. The largest absolute Gasteiger partial charge is 0.493 e. The summed E-state index contributed by atoms with van der Waals surface area (Å²) in [5.74, 6) is 1.84. The van der Waals surface area contributed by atoms with Gasteiger partial charge in [-0.25, -0.2) is 0 Å². The van der Waals surface area contributed by atoms with E-state index in [4.69, 9.17) is 4.74 Å². The Morgan fingerprint density at radius 3 is 2.11 bits per heavy atom. The highest BCUT2D eigenvalue weighted by Crippen LogP contribution is 2.30. The molecule has 0 bridgehead atoms. The van der Waals surface area contributed by atoms with Crippen LogP contribution in [0.1, 0.15) is 52.0 Å². The average molecular weight is 259 g/mol. The molecule has 0 aromatic heterocycles. The van der Waals surface area contributed by atoms with Crippen LogP contribution in [0, 0.1) is 23.2 Å². The van der Waals surface area contributed by atoms with Crippen LogP contribution in [0.15, 0.2) is 24.3 Å². The van der Waals surface area contributed by atoms with Gasteiger partial charge in [0.15, 0.2) is 0 Å². The molecule has 0 saturated heterocycles. The van der Waals surface area contributed by atoms with Crippen LogP contribution in [-0.2, 0) is 0 Å². The van der Waals surface area contributed by atoms with Gasteiger partial charge in [0.2, 0.25) is 0 Å². The van der Waals surface area contributed by atoms with Gasteiger partial charge in [-0.2, -0.15) is 5.26 Å². The van der Waals surface area contributed by atoms with E-state index in [0.717, 1.165) is 30.8 Å². The lowest BCUT2D eigenvalue weighted by molar-refractivity contribution is 0.271. The van der Waals surface area contributed by atoms with Crippen molar-refractivity contribution in [2.24, 2.45) is 11.8 Å². The van der Waals surface area contributed by atoms with E-state index in [0.29, 0.717) is 11.8 Å². The van der Waals surface area contributed by atoms with E-state index >= 15 is 0 Å². The Morgan fingerprint density at radius 1 is 1.11 bits per heavy atom. The maximum Gasteiger partial charge on any atom is 0.119 e. The summed E-state index contributed by atoms with van der Waals surface area (Å²) in [4.78, 5) is 0. The molecular formula is C17H25NO. The third kappa shape index (κ3) is 4.59. The van der Waals surface area contributed by atoms with Gasteiger partial charge in [0.25, 0.3) is 0 Å². The predicted octanol–water partition coefficient (Wildman–Crippen LogP) is 4.76. The molecule has 0 amide bonds. The van der Waals surface area contributed by atoms with Crippen LogP contribution in [0.3, 0.4) is 0 Å². The van der Waals surface area contributed by atoms with Crippen molar-refractivity contribution in [3.63, 3.8) is 0 Å². The number of hydrogen-bond donors (Lipinski definition) is 0. The predicted molar refractivity (Wildman–Crippen MR) is 79.2 cm³/mol. The van der Waals surface area contributed by atoms with Gasteiger partial charge in [-0.1, -0.05) is 52.7 Å². The fraction of sp³-hybridized carbons (Fsp3) is 0.588. The molecule has 2 heteroatoms. The first-order valence-electron chi connectivity index (χ1n) is 7.24. The summed E-state index contributed by atoms with van der Waals surface area (Å²) in [7, 11) is 0. The molecule has 0 fully saturated rings. The lowest BCUT2D eigenvalue weighted by Crippen LogP contribution is -2.10. The van der Waals surface area contributed by atoms with Crippen molar-refractivity contribution in [3.8, 4) is 11.8 Å². The van der Waals surface area contributed by atoms with Crippen LogP contribution in [-0.4, -0.2) is 6.61 Å². The first-order valence-corrected chi connectivity index (χ1v) is 7.24. The number of benzene rings is 1. The van der Waals surface area contributed by atoms with E-state index in [1.165, 1.54) is 0 Å². The van der Waals surface area contributed by atoms with E-state index in [1.54, 1.807) is 0 Å². The molecule has 19 heavy (non-hydrogen) atoms. The molecule has 2 nitrogen and oxygen atoms in total. The number of nitriles is 1. The normalized spacial score (nSPS) is 12.5. The van der Waals surface area contributed by atoms with Crippen molar-refractivity contribution in [2.45, 2.75) is 46.5 Å². The lowest BCUT2D eigenvalue weighted by Gasteiger charge is -2.19. The zero-order chi connectivity index (χ0) is 14.3. The van der Waals surface area contributed by atoms with E-state index in [-0.39, 0.29) is 5.92 Å². The summed E-state index contributed by atoms with van der Waals surface area (Å²) < 4.78 is 5.67. The number of ether oxygens (including phenoxy) is 1. The fourth-order valence-corrected chi connectivity index (χ4v) is 2.25. The van der Waals surface area contributed by atoms with Crippen LogP contribution in [0.5, 0.6) is 5.75 Å². The maximum atomic E-state index is 9.38. The van der Waals surface area contributed by atoms with Gasteiger partial charge < -0.3 is 4.74 Å². The molecule has 0 aliphatic rings. The average Bonchev–Trinajstić information content (AvgIpc) is 2.43. The third-order valence-corrected chi connectivity index (χ3v) is 3.48. The van der Waals surface area contributed by atoms with Crippen LogP contribution < -0.4 is 4.74 Å². The number of nitrogens with zero attached hydrogens (tertiary/aromatic N) is 1. The summed E-state index contributed by atoms with van der Waals surface area (Å²) >= 11 is 0. The first kappa shape index (κ1) is 15.6. The molecule has 104 valence electrons. The quantitative estimate of drug-likeness (QED) is 0.707. The standard InChI is InChI=1S/C17H25NO/c1-5-14(6-2)17(11-18)15-7-9-16(10-8-15)19-12-13(3)4/h7-10,13-14,17H,5-6,12H2,1-4H3. The maximum absolute atomic E-state index is 9.38. The minimum atomic E-state index is -0.00542. The highest BCUT2D eigenvalue weighted by molar-refractivity contribution is 5.32. The Labute approximate surface area is 117 Å². The Bertz CT molecular complexity index is 398. The molecule has 0 N–H and O–H groups in total. The first-order chi connectivity index (χ1) is 9.12. The molecule has 1 aromatic rings. The van der Waals surface area contributed by atoms with Crippen molar-refractivity contribution in [3.05, 3.63) is 29.8 Å². The van der Waals surface area contributed by atoms with Crippen molar-refractivity contribution in [1.29, 1.82) is 5.26 Å². The van der Waals surface area contributed by atoms with Crippen molar-refractivity contribution < 1.29 is 4.74 Å². The van der Waals surface area contributed by atoms with E-state index in [2.05, 4.69) is 33.8 Å². The van der Waals surface area contributed by atoms with Gasteiger partial charge in [-0.3, -0.25) is 0 Å². The van der Waals surface area contributed by atoms with E-state index in [9.17, 15) is 5.26 Å². The molecule has 1 atom stereocenters. The molecule has 1 unspecified atom stereocenters. The van der Waals surface area contributed by atoms with Crippen LogP contribution in [0.2, 0.25) is 0 Å². The second-order valence-electron chi connectivity index (χ2n) is 5.46. The molecule has 0 heterocycles. The van der Waals surface area contributed by atoms with Crippen molar-refractivity contribution >= 4 is 0 Å². The molecule has 0 saturated carbocycles. The second kappa shape index (κ2) is 7.84. The second-order valence-corrected chi connectivity index (χ2v) is 5.46. The third-order valence-electron chi connectivity index (χ3n) is 3.48. The highest BCUT2D eigenvalue weighted by Gasteiger charge is 2.19. The Balaban J connectivity index is 2.76. The zero-order valence-electron chi connectivity index (χ0n) is 12.5. The molecular weight excluding hydrogens is 234 g/mol. The minimum absolute atomic E-state index is 0.00542. The fourth-order valence-electron chi connectivity index (χ4n) is 2.25.